The molecule has 0 unspecified atom stereocenters. The molecular weight excluding hydrogens is 226 g/mol. The quantitative estimate of drug-likeness (QED) is 0.780. The molecule has 0 saturated heterocycles. The van der Waals surface area contributed by atoms with Crippen LogP contribution in [0.4, 0.5) is 0 Å². The first kappa shape index (κ1) is 13.0. The average molecular weight is 247 g/mol. The number of aromatic nitrogens is 1. The average Bonchev–Trinajstić information content (AvgIpc) is 2.74. The normalized spacial score (nSPS) is 11.3. The Labute approximate surface area is 108 Å². The number of hydrogen-bond acceptors (Lipinski definition) is 2. The van der Waals surface area contributed by atoms with Gasteiger partial charge in [0.1, 0.15) is 5.75 Å². The molecule has 1 heterocycles. The van der Waals surface area contributed by atoms with Crippen molar-refractivity contribution in [2.45, 2.75) is 33.4 Å². The third kappa shape index (κ3) is 2.85. The molecule has 2 rings (SSSR count). The number of nitrogens with zero attached hydrogens (tertiary/aromatic N) is 1. The molecule has 1 aromatic carbocycles. The zero-order valence-electron chi connectivity index (χ0n) is 11.3. The number of benzene rings is 1. The molecule has 0 aliphatic carbocycles. The molecule has 0 aliphatic heterocycles. The maximum Gasteiger partial charge on any atom is 0.128 e. The molecule has 0 amide bonds. The van der Waals surface area contributed by atoms with Crippen LogP contribution in [0.3, 0.4) is 0 Å². The SMILES string of the molecule is CCOc1cccc2c1ccn2CCOC(C)C. The first-order chi connectivity index (χ1) is 8.72. The Morgan fingerprint density at radius 3 is 2.78 bits per heavy atom. The summed E-state index contributed by atoms with van der Waals surface area (Å²) in [5.74, 6) is 0.957. The van der Waals surface area contributed by atoms with Gasteiger partial charge in [-0.2, -0.15) is 0 Å². The Morgan fingerprint density at radius 1 is 1.22 bits per heavy atom. The summed E-state index contributed by atoms with van der Waals surface area (Å²) in [7, 11) is 0. The third-order valence-electron chi connectivity index (χ3n) is 2.86. The second-order valence-electron chi connectivity index (χ2n) is 4.55. The van der Waals surface area contributed by atoms with E-state index in [9.17, 15) is 0 Å². The molecule has 1 aromatic heterocycles. The molecule has 0 fully saturated rings. The standard InChI is InChI=1S/C15H21NO2/c1-4-17-15-7-5-6-14-13(15)8-9-16(14)10-11-18-12(2)3/h5-9,12H,4,10-11H2,1-3H3. The lowest BCUT2D eigenvalue weighted by Gasteiger charge is -2.10. The van der Waals surface area contributed by atoms with Gasteiger partial charge in [0, 0.05) is 18.1 Å². The van der Waals surface area contributed by atoms with Gasteiger partial charge in [0.15, 0.2) is 0 Å². The molecular formula is C15H21NO2. The minimum atomic E-state index is 0.283. The Morgan fingerprint density at radius 2 is 2.06 bits per heavy atom. The van der Waals surface area contributed by atoms with Crippen molar-refractivity contribution < 1.29 is 9.47 Å². The van der Waals surface area contributed by atoms with Crippen molar-refractivity contribution in [2.75, 3.05) is 13.2 Å². The summed E-state index contributed by atoms with van der Waals surface area (Å²) >= 11 is 0. The van der Waals surface area contributed by atoms with Crippen LogP contribution in [0, 0.1) is 0 Å². The predicted octanol–water partition coefficient (Wildman–Crippen LogP) is 3.47. The van der Waals surface area contributed by atoms with Crippen molar-refractivity contribution in [3.05, 3.63) is 30.5 Å². The van der Waals surface area contributed by atoms with Crippen LogP contribution in [0.5, 0.6) is 5.75 Å². The monoisotopic (exact) mass is 247 g/mol. The van der Waals surface area contributed by atoms with Gasteiger partial charge >= 0.3 is 0 Å². The maximum absolute atomic E-state index is 5.63. The van der Waals surface area contributed by atoms with Gasteiger partial charge in [0.2, 0.25) is 0 Å². The first-order valence-electron chi connectivity index (χ1n) is 6.54. The minimum Gasteiger partial charge on any atom is -0.493 e. The summed E-state index contributed by atoms with van der Waals surface area (Å²) in [4.78, 5) is 0. The summed E-state index contributed by atoms with van der Waals surface area (Å²) in [6, 6.07) is 8.27. The minimum absolute atomic E-state index is 0.283. The maximum atomic E-state index is 5.63. The highest BCUT2D eigenvalue weighted by molar-refractivity contribution is 5.86. The Balaban J connectivity index is 2.17. The summed E-state index contributed by atoms with van der Waals surface area (Å²) in [5.41, 5.74) is 1.20. The largest absolute Gasteiger partial charge is 0.493 e. The molecule has 0 N–H and O–H groups in total. The third-order valence-corrected chi connectivity index (χ3v) is 2.86. The summed E-state index contributed by atoms with van der Waals surface area (Å²) in [6.45, 7) is 8.42. The van der Waals surface area contributed by atoms with E-state index in [4.69, 9.17) is 9.47 Å². The smallest absolute Gasteiger partial charge is 0.128 e. The molecule has 3 heteroatoms. The number of rotatable bonds is 6. The van der Waals surface area contributed by atoms with Gasteiger partial charge in [-0.1, -0.05) is 6.07 Å². The van der Waals surface area contributed by atoms with Crippen molar-refractivity contribution in [3.8, 4) is 5.75 Å². The highest BCUT2D eigenvalue weighted by atomic mass is 16.5. The summed E-state index contributed by atoms with van der Waals surface area (Å²) in [6.07, 6.45) is 2.38. The highest BCUT2D eigenvalue weighted by Gasteiger charge is 2.06. The van der Waals surface area contributed by atoms with E-state index in [0.29, 0.717) is 6.61 Å². The molecule has 0 radical (unpaired) electrons. The van der Waals surface area contributed by atoms with Gasteiger partial charge in [0.05, 0.1) is 24.8 Å². The van der Waals surface area contributed by atoms with Gasteiger partial charge in [-0.15, -0.1) is 0 Å². The Hall–Kier alpha value is -1.48. The first-order valence-corrected chi connectivity index (χ1v) is 6.54. The molecule has 0 atom stereocenters. The molecule has 2 aromatic rings. The van der Waals surface area contributed by atoms with E-state index in [2.05, 4.69) is 36.7 Å². The van der Waals surface area contributed by atoms with E-state index >= 15 is 0 Å². The van der Waals surface area contributed by atoms with Crippen molar-refractivity contribution >= 4 is 10.9 Å². The van der Waals surface area contributed by atoms with Gasteiger partial charge < -0.3 is 14.0 Å². The topological polar surface area (TPSA) is 23.4 Å². The van der Waals surface area contributed by atoms with Crippen LogP contribution in [0.15, 0.2) is 30.5 Å². The number of fused-ring (bicyclic) bond motifs is 1. The van der Waals surface area contributed by atoms with Crippen LogP contribution in [-0.4, -0.2) is 23.9 Å². The zero-order valence-corrected chi connectivity index (χ0v) is 11.3. The predicted molar refractivity (Wildman–Crippen MR) is 74.2 cm³/mol. The van der Waals surface area contributed by atoms with E-state index in [1.807, 2.05) is 19.1 Å². The van der Waals surface area contributed by atoms with Crippen LogP contribution in [0.1, 0.15) is 20.8 Å². The molecule has 0 aliphatic rings. The molecule has 18 heavy (non-hydrogen) atoms. The van der Waals surface area contributed by atoms with Gasteiger partial charge in [-0.3, -0.25) is 0 Å². The fraction of sp³-hybridized carbons (Fsp3) is 0.467. The fourth-order valence-corrected chi connectivity index (χ4v) is 2.06. The van der Waals surface area contributed by atoms with Crippen molar-refractivity contribution in [1.29, 1.82) is 0 Å². The molecule has 0 spiro atoms. The zero-order chi connectivity index (χ0) is 13.0. The van der Waals surface area contributed by atoms with Gasteiger partial charge in [-0.25, -0.2) is 0 Å². The lowest BCUT2D eigenvalue weighted by Crippen LogP contribution is -2.09. The van der Waals surface area contributed by atoms with E-state index in [1.54, 1.807) is 0 Å². The number of ether oxygens (including phenoxy) is 2. The van der Waals surface area contributed by atoms with Crippen molar-refractivity contribution in [2.24, 2.45) is 0 Å². The van der Waals surface area contributed by atoms with E-state index < -0.39 is 0 Å². The van der Waals surface area contributed by atoms with Crippen LogP contribution in [0.2, 0.25) is 0 Å². The van der Waals surface area contributed by atoms with Crippen LogP contribution >= 0.6 is 0 Å². The Kier molecular flexibility index (Phi) is 4.26. The second-order valence-corrected chi connectivity index (χ2v) is 4.55. The lowest BCUT2D eigenvalue weighted by molar-refractivity contribution is 0.0733. The number of hydrogen-bond donors (Lipinski definition) is 0. The molecule has 3 nitrogen and oxygen atoms in total. The van der Waals surface area contributed by atoms with Crippen LogP contribution in [0.25, 0.3) is 10.9 Å². The van der Waals surface area contributed by atoms with E-state index in [0.717, 1.165) is 18.9 Å². The van der Waals surface area contributed by atoms with Crippen molar-refractivity contribution in [1.82, 2.24) is 4.57 Å². The second kappa shape index (κ2) is 5.91. The Bertz CT molecular complexity index is 502. The molecule has 0 saturated carbocycles. The highest BCUT2D eigenvalue weighted by Crippen LogP contribution is 2.26. The molecule has 0 bridgehead atoms. The summed E-state index contributed by atoms with van der Waals surface area (Å²) in [5, 5.41) is 1.17. The van der Waals surface area contributed by atoms with E-state index in [1.165, 1.54) is 10.9 Å². The molecule has 98 valence electrons. The van der Waals surface area contributed by atoms with Gasteiger partial charge in [0.25, 0.3) is 0 Å². The van der Waals surface area contributed by atoms with Gasteiger partial charge in [-0.05, 0) is 39.0 Å². The van der Waals surface area contributed by atoms with Crippen molar-refractivity contribution in [3.63, 3.8) is 0 Å². The lowest BCUT2D eigenvalue weighted by atomic mass is 10.2. The summed E-state index contributed by atoms with van der Waals surface area (Å²) < 4.78 is 13.4. The fourth-order valence-electron chi connectivity index (χ4n) is 2.06. The van der Waals surface area contributed by atoms with Crippen LogP contribution < -0.4 is 4.74 Å². The van der Waals surface area contributed by atoms with E-state index in [-0.39, 0.29) is 6.10 Å². The van der Waals surface area contributed by atoms with Crippen LogP contribution in [-0.2, 0) is 11.3 Å².